The van der Waals surface area contributed by atoms with E-state index < -0.39 is 0 Å². The molecule has 2 N–H and O–H groups in total. The van der Waals surface area contributed by atoms with Crippen LogP contribution in [-0.2, 0) is 24.9 Å². The van der Waals surface area contributed by atoms with E-state index in [4.69, 9.17) is 0 Å². The van der Waals surface area contributed by atoms with E-state index in [0.717, 1.165) is 16.8 Å². The topological polar surface area (TPSA) is 108 Å². The van der Waals surface area contributed by atoms with Crippen molar-refractivity contribution in [2.24, 2.45) is 7.05 Å². The number of anilines is 4. The van der Waals surface area contributed by atoms with Crippen LogP contribution in [0.1, 0.15) is 11.1 Å². The number of carbonyl (C=O) groups excluding carboxylic acids is 2. The first kappa shape index (κ1) is 20.1. The van der Waals surface area contributed by atoms with Gasteiger partial charge in [-0.05, 0) is 23.8 Å². The molecule has 1 aromatic carbocycles. The molecule has 3 heterocycles. The summed E-state index contributed by atoms with van der Waals surface area (Å²) in [5, 5.41) is 9.96. The van der Waals surface area contributed by atoms with Gasteiger partial charge in [0.1, 0.15) is 5.82 Å². The van der Waals surface area contributed by atoms with Crippen LogP contribution in [0.2, 0.25) is 0 Å². The lowest BCUT2D eigenvalue weighted by molar-refractivity contribution is -0.111. The van der Waals surface area contributed by atoms with Gasteiger partial charge in [0.05, 0.1) is 25.0 Å². The predicted octanol–water partition coefficient (Wildman–Crippen LogP) is 2.65. The highest BCUT2D eigenvalue weighted by atomic mass is 16.2. The quantitative estimate of drug-likeness (QED) is 0.596. The molecule has 0 saturated heterocycles. The fourth-order valence-corrected chi connectivity index (χ4v) is 3.30. The van der Waals surface area contributed by atoms with Crippen LogP contribution in [0.15, 0.2) is 55.5 Å². The van der Waals surface area contributed by atoms with Crippen LogP contribution >= 0.6 is 0 Å². The van der Waals surface area contributed by atoms with Gasteiger partial charge < -0.3 is 15.5 Å². The summed E-state index contributed by atoms with van der Waals surface area (Å²) in [6.45, 7) is 4.17. The molecule has 158 valence electrons. The fraction of sp³-hybridized carbons (Fsp3) is 0.190. The lowest BCUT2D eigenvalue weighted by Crippen LogP contribution is -2.45. The maximum absolute atomic E-state index is 12.9. The van der Waals surface area contributed by atoms with Gasteiger partial charge in [0.2, 0.25) is 11.9 Å². The molecule has 0 aliphatic carbocycles. The van der Waals surface area contributed by atoms with Crippen molar-refractivity contribution in [2.75, 3.05) is 22.6 Å². The van der Waals surface area contributed by atoms with Crippen LogP contribution in [0, 0.1) is 0 Å². The molecule has 0 atom stereocenters. The van der Waals surface area contributed by atoms with E-state index >= 15 is 0 Å². The zero-order valence-corrected chi connectivity index (χ0v) is 17.2. The number of aryl methyl sites for hydroxylation is 1. The van der Waals surface area contributed by atoms with Gasteiger partial charge in [0.15, 0.2) is 0 Å². The molecule has 1 aliphatic heterocycles. The zero-order valence-electron chi connectivity index (χ0n) is 17.2. The summed E-state index contributed by atoms with van der Waals surface area (Å²) in [5.41, 5.74) is 3.06. The first-order valence-corrected chi connectivity index (χ1v) is 9.59. The standard InChI is InChI=1S/C21H22N8O2/c1-4-18(30)24-16-7-5-6-14(8-16)11-29-19-15(12-27(2)21(29)31)9-22-20(26-19)25-17-10-23-28(3)13-17/h4-10,13H,1,11-12H2,2-3H3,(H,24,30)(H,22,25,26). The summed E-state index contributed by atoms with van der Waals surface area (Å²) >= 11 is 0. The van der Waals surface area contributed by atoms with Crippen molar-refractivity contribution in [2.45, 2.75) is 13.1 Å². The molecule has 0 bridgehead atoms. The monoisotopic (exact) mass is 418 g/mol. The Hall–Kier alpha value is -4.21. The second-order valence-corrected chi connectivity index (χ2v) is 7.19. The highest BCUT2D eigenvalue weighted by Crippen LogP contribution is 2.29. The van der Waals surface area contributed by atoms with Gasteiger partial charge >= 0.3 is 6.03 Å². The third-order valence-electron chi connectivity index (χ3n) is 4.74. The van der Waals surface area contributed by atoms with Gasteiger partial charge in [-0.3, -0.25) is 14.4 Å². The van der Waals surface area contributed by atoms with E-state index in [2.05, 4.69) is 32.3 Å². The normalized spacial score (nSPS) is 13.0. The van der Waals surface area contributed by atoms with Gasteiger partial charge in [-0.1, -0.05) is 18.7 Å². The second-order valence-electron chi connectivity index (χ2n) is 7.19. The summed E-state index contributed by atoms with van der Waals surface area (Å²) in [5.74, 6) is 0.626. The van der Waals surface area contributed by atoms with Crippen LogP contribution in [0.3, 0.4) is 0 Å². The number of carbonyl (C=O) groups is 2. The van der Waals surface area contributed by atoms with Gasteiger partial charge in [-0.2, -0.15) is 10.1 Å². The molecule has 1 aliphatic rings. The Morgan fingerprint density at radius 2 is 2.10 bits per heavy atom. The van der Waals surface area contributed by atoms with Crippen LogP contribution in [0.4, 0.5) is 27.9 Å². The number of hydrogen-bond acceptors (Lipinski definition) is 6. The average Bonchev–Trinajstić information content (AvgIpc) is 3.16. The summed E-state index contributed by atoms with van der Waals surface area (Å²) in [4.78, 5) is 36.7. The lowest BCUT2D eigenvalue weighted by atomic mass is 10.1. The fourth-order valence-electron chi connectivity index (χ4n) is 3.30. The number of benzene rings is 1. The number of fused-ring (bicyclic) bond motifs is 1. The number of rotatable bonds is 6. The molecule has 3 aromatic rings. The molecule has 0 radical (unpaired) electrons. The number of hydrogen-bond donors (Lipinski definition) is 2. The summed E-state index contributed by atoms with van der Waals surface area (Å²) < 4.78 is 1.67. The van der Waals surface area contributed by atoms with E-state index in [1.807, 2.05) is 31.4 Å². The van der Waals surface area contributed by atoms with Gasteiger partial charge in [0, 0.05) is 37.7 Å². The van der Waals surface area contributed by atoms with Crippen molar-refractivity contribution in [1.29, 1.82) is 0 Å². The molecule has 4 rings (SSSR count). The van der Waals surface area contributed by atoms with Crippen LogP contribution in [0.5, 0.6) is 0 Å². The first-order valence-electron chi connectivity index (χ1n) is 9.59. The van der Waals surface area contributed by atoms with E-state index in [1.165, 1.54) is 6.08 Å². The summed E-state index contributed by atoms with van der Waals surface area (Å²) in [7, 11) is 3.56. The Morgan fingerprint density at radius 3 is 2.84 bits per heavy atom. The van der Waals surface area contributed by atoms with Crippen molar-refractivity contribution in [3.8, 4) is 0 Å². The Bertz CT molecular complexity index is 1160. The van der Waals surface area contributed by atoms with E-state index in [-0.39, 0.29) is 18.5 Å². The third-order valence-corrected chi connectivity index (χ3v) is 4.74. The van der Waals surface area contributed by atoms with Crippen molar-refractivity contribution >= 4 is 35.1 Å². The molecule has 0 saturated carbocycles. The molecule has 10 nitrogen and oxygen atoms in total. The highest BCUT2D eigenvalue weighted by molar-refractivity contribution is 5.99. The highest BCUT2D eigenvalue weighted by Gasteiger charge is 2.30. The second kappa shape index (κ2) is 8.27. The zero-order chi connectivity index (χ0) is 22.0. The number of nitrogens with zero attached hydrogens (tertiary/aromatic N) is 6. The number of nitrogens with one attached hydrogen (secondary N) is 2. The summed E-state index contributed by atoms with van der Waals surface area (Å²) in [6, 6.07) is 7.14. The molecular formula is C21H22N8O2. The number of aromatic nitrogens is 4. The molecule has 2 aromatic heterocycles. The van der Waals surface area contributed by atoms with E-state index in [0.29, 0.717) is 24.0 Å². The number of amides is 3. The van der Waals surface area contributed by atoms with Crippen LogP contribution < -0.4 is 15.5 Å². The largest absolute Gasteiger partial charge is 0.326 e. The van der Waals surface area contributed by atoms with Crippen molar-refractivity contribution < 1.29 is 9.59 Å². The Morgan fingerprint density at radius 1 is 1.26 bits per heavy atom. The smallest absolute Gasteiger partial charge is 0.323 e. The molecule has 10 heteroatoms. The molecule has 31 heavy (non-hydrogen) atoms. The van der Waals surface area contributed by atoms with Crippen LogP contribution in [0.25, 0.3) is 0 Å². The molecule has 0 spiro atoms. The van der Waals surface area contributed by atoms with E-state index in [1.54, 1.807) is 40.0 Å². The minimum absolute atomic E-state index is 0.168. The maximum atomic E-state index is 12.9. The predicted molar refractivity (Wildman–Crippen MR) is 117 cm³/mol. The molecule has 3 amide bonds. The van der Waals surface area contributed by atoms with Crippen molar-refractivity contribution in [3.63, 3.8) is 0 Å². The Balaban J connectivity index is 1.63. The summed E-state index contributed by atoms with van der Waals surface area (Å²) in [6.07, 6.45) is 6.41. The Labute approximate surface area is 179 Å². The van der Waals surface area contributed by atoms with Gasteiger partial charge in [0.25, 0.3) is 0 Å². The van der Waals surface area contributed by atoms with Crippen molar-refractivity contribution in [1.82, 2.24) is 24.6 Å². The van der Waals surface area contributed by atoms with Crippen molar-refractivity contribution in [3.05, 3.63) is 66.6 Å². The minimum Gasteiger partial charge on any atom is -0.323 e. The lowest BCUT2D eigenvalue weighted by Gasteiger charge is -2.34. The number of urea groups is 1. The first-order chi connectivity index (χ1) is 14.9. The van der Waals surface area contributed by atoms with Gasteiger partial charge in [-0.25, -0.2) is 9.78 Å². The molecular weight excluding hydrogens is 396 g/mol. The SMILES string of the molecule is C=CC(=O)Nc1cccc(CN2C(=O)N(C)Cc3cnc(Nc4cnn(C)c4)nc32)c1. The average molecular weight is 418 g/mol. The Kier molecular flexibility index (Phi) is 5.35. The molecule has 0 fully saturated rings. The third kappa shape index (κ3) is 4.37. The minimum atomic E-state index is -0.296. The maximum Gasteiger partial charge on any atom is 0.326 e. The molecule has 0 unspecified atom stereocenters. The van der Waals surface area contributed by atoms with Crippen LogP contribution in [-0.4, -0.2) is 43.6 Å². The van der Waals surface area contributed by atoms with Gasteiger partial charge in [-0.15, -0.1) is 0 Å². The van der Waals surface area contributed by atoms with E-state index in [9.17, 15) is 9.59 Å².